The lowest BCUT2D eigenvalue weighted by Gasteiger charge is -1.97. The summed E-state index contributed by atoms with van der Waals surface area (Å²) in [5.41, 5.74) is 4.85. The summed E-state index contributed by atoms with van der Waals surface area (Å²) < 4.78 is 0. The van der Waals surface area contributed by atoms with Gasteiger partial charge < -0.3 is 5.73 Å². The van der Waals surface area contributed by atoms with E-state index in [4.69, 9.17) is 17.3 Å². The first-order valence-electron chi connectivity index (χ1n) is 3.26. The van der Waals surface area contributed by atoms with Gasteiger partial charge in [0.15, 0.2) is 0 Å². The number of amides is 1. The van der Waals surface area contributed by atoms with E-state index >= 15 is 0 Å². The van der Waals surface area contributed by atoms with E-state index in [0.717, 1.165) is 6.07 Å². The van der Waals surface area contributed by atoms with Crippen molar-refractivity contribution in [1.82, 2.24) is 0 Å². The van der Waals surface area contributed by atoms with E-state index in [1.165, 1.54) is 12.1 Å². The molecule has 0 unspecified atom stereocenters. The molecular weight excluding hydrogens is 231 g/mol. The molecule has 1 rings (SSSR count). The summed E-state index contributed by atoms with van der Waals surface area (Å²) in [6.07, 6.45) is 0. The van der Waals surface area contributed by atoms with Crippen LogP contribution in [0.15, 0.2) is 18.2 Å². The molecule has 1 aromatic carbocycles. The molecule has 0 bridgehead atoms. The molecule has 0 radical (unpaired) electrons. The molecule has 0 aliphatic heterocycles. The van der Waals surface area contributed by atoms with Gasteiger partial charge in [-0.3, -0.25) is 14.9 Å². The number of carbonyl (C=O) groups is 1. The summed E-state index contributed by atoms with van der Waals surface area (Å²) >= 11 is 5.56. The Morgan fingerprint density at radius 2 is 2.07 bits per heavy atom. The number of non-ortho nitro benzene ring substituents is 1. The number of rotatable bonds is 2. The van der Waals surface area contributed by atoms with Gasteiger partial charge in [0.05, 0.1) is 15.5 Å². The van der Waals surface area contributed by atoms with Gasteiger partial charge in [-0.2, -0.15) is 0 Å². The van der Waals surface area contributed by atoms with Crippen LogP contribution in [0.25, 0.3) is 0 Å². The molecule has 14 heavy (non-hydrogen) atoms. The summed E-state index contributed by atoms with van der Waals surface area (Å²) in [7, 11) is 0. The first kappa shape index (κ1) is 12.7. The molecule has 7 heteroatoms. The second-order valence-electron chi connectivity index (χ2n) is 2.29. The van der Waals surface area contributed by atoms with Crippen LogP contribution in [0.3, 0.4) is 0 Å². The fraction of sp³-hybridized carbons (Fsp3) is 0. The van der Waals surface area contributed by atoms with Crippen LogP contribution in [-0.4, -0.2) is 10.8 Å². The van der Waals surface area contributed by atoms with Crippen LogP contribution in [0.2, 0.25) is 5.02 Å². The topological polar surface area (TPSA) is 86.2 Å². The lowest BCUT2D eigenvalue weighted by molar-refractivity contribution is -0.384. The number of primary amides is 1. The Hall–Kier alpha value is -1.33. The van der Waals surface area contributed by atoms with Crippen LogP contribution in [0.1, 0.15) is 10.4 Å². The van der Waals surface area contributed by atoms with Crippen molar-refractivity contribution in [2.24, 2.45) is 5.73 Å². The first-order valence-corrected chi connectivity index (χ1v) is 3.64. The Balaban J connectivity index is 0.00000169. The number of nitro groups is 1. The fourth-order valence-electron chi connectivity index (χ4n) is 0.817. The minimum absolute atomic E-state index is 0. The molecule has 2 N–H and O–H groups in total. The minimum atomic E-state index is -0.708. The quantitative estimate of drug-likeness (QED) is 0.628. The second-order valence-corrected chi connectivity index (χ2v) is 2.69. The van der Waals surface area contributed by atoms with Crippen molar-refractivity contribution < 1.29 is 9.72 Å². The Bertz CT molecular complexity index is 381. The molecule has 1 aromatic rings. The molecule has 0 aliphatic carbocycles. The highest BCUT2D eigenvalue weighted by Gasteiger charge is 2.11. The van der Waals surface area contributed by atoms with E-state index in [1.54, 1.807) is 0 Å². The number of nitrogens with zero attached hydrogens (tertiary/aromatic N) is 1. The number of hydrogen-bond acceptors (Lipinski definition) is 3. The molecule has 0 saturated carbocycles. The number of benzene rings is 1. The van der Waals surface area contributed by atoms with Crippen molar-refractivity contribution in [3.05, 3.63) is 38.9 Å². The minimum Gasteiger partial charge on any atom is -0.366 e. The number of nitrogens with two attached hydrogens (primary N) is 1. The van der Waals surface area contributed by atoms with Gasteiger partial charge in [0, 0.05) is 12.1 Å². The third-order valence-electron chi connectivity index (χ3n) is 1.43. The molecular formula is C7H6Cl2N2O3. The Kier molecular flexibility index (Phi) is 4.33. The second kappa shape index (κ2) is 4.78. The van der Waals surface area contributed by atoms with Gasteiger partial charge in [-0.25, -0.2) is 0 Å². The van der Waals surface area contributed by atoms with E-state index in [1.807, 2.05) is 0 Å². The van der Waals surface area contributed by atoms with Crippen LogP contribution in [-0.2, 0) is 0 Å². The standard InChI is InChI=1S/C7H5ClN2O3.ClH/c8-6-3-4(10(12)13)1-2-5(6)7(9)11;/h1-3H,(H2,9,11);1H. The van der Waals surface area contributed by atoms with E-state index < -0.39 is 10.8 Å². The van der Waals surface area contributed by atoms with Crippen molar-refractivity contribution in [3.63, 3.8) is 0 Å². The number of carbonyl (C=O) groups excluding carboxylic acids is 1. The molecule has 0 saturated heterocycles. The summed E-state index contributed by atoms with van der Waals surface area (Å²) in [6.45, 7) is 0. The van der Waals surface area contributed by atoms with Gasteiger partial charge >= 0.3 is 0 Å². The van der Waals surface area contributed by atoms with Crippen molar-refractivity contribution in [2.75, 3.05) is 0 Å². The summed E-state index contributed by atoms with van der Waals surface area (Å²) in [4.78, 5) is 20.3. The highest BCUT2D eigenvalue weighted by Crippen LogP contribution is 2.21. The highest BCUT2D eigenvalue weighted by atomic mass is 35.5. The smallest absolute Gasteiger partial charge is 0.270 e. The van der Waals surface area contributed by atoms with Crippen molar-refractivity contribution >= 4 is 35.6 Å². The van der Waals surface area contributed by atoms with Gasteiger partial charge in [-0.1, -0.05) is 11.6 Å². The molecule has 76 valence electrons. The molecule has 5 nitrogen and oxygen atoms in total. The largest absolute Gasteiger partial charge is 0.366 e. The molecule has 0 heterocycles. The zero-order valence-corrected chi connectivity index (χ0v) is 8.34. The Morgan fingerprint density at radius 3 is 2.43 bits per heavy atom. The maximum Gasteiger partial charge on any atom is 0.270 e. The van der Waals surface area contributed by atoms with Crippen LogP contribution in [0, 0.1) is 10.1 Å². The van der Waals surface area contributed by atoms with Gasteiger partial charge in [-0.05, 0) is 6.07 Å². The van der Waals surface area contributed by atoms with E-state index in [-0.39, 0.29) is 28.7 Å². The zero-order chi connectivity index (χ0) is 10.0. The van der Waals surface area contributed by atoms with E-state index in [2.05, 4.69) is 0 Å². The average molecular weight is 237 g/mol. The van der Waals surface area contributed by atoms with Gasteiger partial charge in [0.25, 0.3) is 5.69 Å². The van der Waals surface area contributed by atoms with E-state index in [0.29, 0.717) is 0 Å². The lowest BCUT2D eigenvalue weighted by atomic mass is 10.2. The summed E-state index contributed by atoms with van der Waals surface area (Å²) in [5, 5.41) is 10.3. The van der Waals surface area contributed by atoms with Gasteiger partial charge in [-0.15, -0.1) is 12.4 Å². The predicted molar refractivity (Wildman–Crippen MR) is 53.9 cm³/mol. The van der Waals surface area contributed by atoms with Crippen molar-refractivity contribution in [2.45, 2.75) is 0 Å². The summed E-state index contributed by atoms with van der Waals surface area (Å²) in [5.74, 6) is -0.708. The van der Waals surface area contributed by atoms with Crippen LogP contribution in [0.5, 0.6) is 0 Å². The van der Waals surface area contributed by atoms with Crippen LogP contribution < -0.4 is 5.73 Å². The molecule has 0 fully saturated rings. The normalized spacial score (nSPS) is 8.93. The SMILES string of the molecule is Cl.NC(=O)c1ccc([N+](=O)[O-])cc1Cl. The third kappa shape index (κ3) is 2.58. The number of hydrogen-bond donors (Lipinski definition) is 1. The fourth-order valence-corrected chi connectivity index (χ4v) is 1.09. The van der Waals surface area contributed by atoms with Crippen LogP contribution in [0.4, 0.5) is 5.69 Å². The first-order chi connectivity index (χ1) is 6.02. The Morgan fingerprint density at radius 1 is 1.50 bits per heavy atom. The van der Waals surface area contributed by atoms with E-state index in [9.17, 15) is 14.9 Å². The molecule has 1 amide bonds. The molecule has 0 atom stereocenters. The zero-order valence-electron chi connectivity index (χ0n) is 6.77. The maximum absolute atomic E-state index is 10.7. The van der Waals surface area contributed by atoms with Crippen LogP contribution >= 0.6 is 24.0 Å². The monoisotopic (exact) mass is 236 g/mol. The Labute approximate surface area is 90.4 Å². The summed E-state index contributed by atoms with van der Waals surface area (Å²) in [6, 6.07) is 3.48. The average Bonchev–Trinajstić information content (AvgIpc) is 2.03. The van der Waals surface area contributed by atoms with Gasteiger partial charge in [0.1, 0.15) is 0 Å². The number of nitro benzene ring substituents is 1. The third-order valence-corrected chi connectivity index (χ3v) is 1.74. The van der Waals surface area contributed by atoms with Crippen molar-refractivity contribution in [3.8, 4) is 0 Å². The molecule has 0 aromatic heterocycles. The predicted octanol–water partition coefficient (Wildman–Crippen LogP) is 1.77. The molecule has 0 spiro atoms. The van der Waals surface area contributed by atoms with Gasteiger partial charge in [0.2, 0.25) is 5.91 Å². The van der Waals surface area contributed by atoms with Crippen molar-refractivity contribution in [1.29, 1.82) is 0 Å². The highest BCUT2D eigenvalue weighted by molar-refractivity contribution is 6.34. The number of halogens is 2. The maximum atomic E-state index is 10.7. The molecule has 0 aliphatic rings. The lowest BCUT2D eigenvalue weighted by Crippen LogP contribution is -2.11.